The second kappa shape index (κ2) is 5.84. The molecule has 0 amide bonds. The Morgan fingerprint density at radius 2 is 2.16 bits per heavy atom. The molecule has 1 saturated carbocycles. The molecule has 1 aromatic rings. The molecule has 0 radical (unpaired) electrons. The van der Waals surface area contributed by atoms with Crippen LogP contribution in [0.25, 0.3) is 0 Å². The fourth-order valence-electron chi connectivity index (χ4n) is 2.65. The smallest absolute Gasteiger partial charge is 0.122 e. The van der Waals surface area contributed by atoms with Gasteiger partial charge < -0.3 is 10.1 Å². The van der Waals surface area contributed by atoms with Crippen LogP contribution in [0.4, 0.5) is 0 Å². The zero-order chi connectivity index (χ0) is 14.0. The van der Waals surface area contributed by atoms with Gasteiger partial charge in [0.15, 0.2) is 0 Å². The van der Waals surface area contributed by atoms with Gasteiger partial charge in [0.05, 0.1) is 0 Å². The van der Waals surface area contributed by atoms with Crippen LogP contribution < -0.4 is 10.1 Å². The van der Waals surface area contributed by atoms with Crippen LogP contribution in [0, 0.1) is 12.3 Å². The third-order valence-electron chi connectivity index (χ3n) is 4.22. The topological polar surface area (TPSA) is 21.3 Å². The summed E-state index contributed by atoms with van der Waals surface area (Å²) in [4.78, 5) is 0. The van der Waals surface area contributed by atoms with E-state index in [0.29, 0.717) is 12.1 Å². The molecule has 0 saturated heterocycles. The van der Waals surface area contributed by atoms with Crippen LogP contribution in [0.15, 0.2) is 22.7 Å². The molecule has 2 nitrogen and oxygen atoms in total. The van der Waals surface area contributed by atoms with Crippen LogP contribution in [0.1, 0.15) is 39.2 Å². The Morgan fingerprint density at radius 3 is 2.74 bits per heavy atom. The maximum Gasteiger partial charge on any atom is 0.122 e. The number of hydrogen-bond donors (Lipinski definition) is 1. The highest BCUT2D eigenvalue weighted by Gasteiger charge is 2.49. The van der Waals surface area contributed by atoms with Gasteiger partial charge in [0, 0.05) is 22.4 Å². The zero-order valence-electron chi connectivity index (χ0n) is 12.3. The summed E-state index contributed by atoms with van der Waals surface area (Å²) in [5.74, 6) is 1.01. The van der Waals surface area contributed by atoms with Crippen molar-refractivity contribution in [2.24, 2.45) is 5.41 Å². The lowest BCUT2D eigenvalue weighted by Gasteiger charge is -2.52. The molecule has 2 atom stereocenters. The molecule has 106 valence electrons. The minimum Gasteiger partial charge on any atom is -0.489 e. The first-order valence-corrected chi connectivity index (χ1v) is 7.90. The lowest BCUT2D eigenvalue weighted by atomic mass is 9.64. The van der Waals surface area contributed by atoms with Crippen molar-refractivity contribution in [2.75, 3.05) is 6.54 Å². The van der Waals surface area contributed by atoms with Crippen molar-refractivity contribution in [3.8, 4) is 5.75 Å². The van der Waals surface area contributed by atoms with Crippen LogP contribution in [0.2, 0.25) is 0 Å². The Labute approximate surface area is 125 Å². The van der Waals surface area contributed by atoms with Crippen molar-refractivity contribution in [1.82, 2.24) is 5.32 Å². The summed E-state index contributed by atoms with van der Waals surface area (Å²) >= 11 is 3.49. The highest BCUT2D eigenvalue weighted by atomic mass is 79.9. The lowest BCUT2D eigenvalue weighted by molar-refractivity contribution is -0.0549. The first-order chi connectivity index (χ1) is 8.95. The fourth-order valence-corrected chi connectivity index (χ4v) is 3.12. The molecule has 0 aromatic heterocycles. The molecule has 1 aliphatic rings. The predicted octanol–water partition coefficient (Wildman–Crippen LogP) is 4.30. The van der Waals surface area contributed by atoms with Crippen molar-refractivity contribution in [3.63, 3.8) is 0 Å². The molecule has 0 aliphatic heterocycles. The van der Waals surface area contributed by atoms with Gasteiger partial charge >= 0.3 is 0 Å². The van der Waals surface area contributed by atoms with E-state index in [2.05, 4.69) is 61.1 Å². The van der Waals surface area contributed by atoms with E-state index in [1.165, 1.54) is 12.0 Å². The van der Waals surface area contributed by atoms with Gasteiger partial charge in [0.1, 0.15) is 11.9 Å². The Kier molecular flexibility index (Phi) is 4.57. The number of aryl methyl sites for hydroxylation is 1. The number of ether oxygens (including phenoxy) is 1. The summed E-state index contributed by atoms with van der Waals surface area (Å²) in [5, 5.41) is 3.61. The molecule has 1 aromatic carbocycles. The summed E-state index contributed by atoms with van der Waals surface area (Å²) in [6, 6.07) is 6.78. The second-order valence-corrected chi connectivity index (χ2v) is 7.00. The van der Waals surface area contributed by atoms with E-state index in [-0.39, 0.29) is 5.41 Å². The van der Waals surface area contributed by atoms with Gasteiger partial charge in [-0.3, -0.25) is 0 Å². The molecule has 0 bridgehead atoms. The number of nitrogens with one attached hydrogen (secondary N) is 1. The maximum atomic E-state index is 6.20. The Hall–Kier alpha value is -0.540. The molecule has 1 N–H and O–H groups in total. The average Bonchev–Trinajstić information content (AvgIpc) is 2.35. The summed E-state index contributed by atoms with van der Waals surface area (Å²) in [7, 11) is 0. The third kappa shape index (κ3) is 3.14. The quantitative estimate of drug-likeness (QED) is 0.871. The summed E-state index contributed by atoms with van der Waals surface area (Å²) in [6.45, 7) is 9.99. The number of rotatable bonds is 5. The standard InChI is InChI=1S/C16H24BrNO/c1-5-8-18-14-10-15(16(14,3)4)19-13-7-6-12(17)9-11(13)2/h6-7,9,14-15,18H,5,8,10H2,1-4H3. The zero-order valence-corrected chi connectivity index (χ0v) is 13.9. The molecule has 0 heterocycles. The van der Waals surface area contributed by atoms with Crippen molar-refractivity contribution in [2.45, 2.75) is 52.7 Å². The van der Waals surface area contributed by atoms with Crippen molar-refractivity contribution >= 4 is 15.9 Å². The van der Waals surface area contributed by atoms with Crippen LogP contribution in [-0.2, 0) is 0 Å². The molecule has 2 unspecified atom stereocenters. The second-order valence-electron chi connectivity index (χ2n) is 6.08. The molecule has 2 rings (SSSR count). The Morgan fingerprint density at radius 1 is 1.42 bits per heavy atom. The molecule has 1 aliphatic carbocycles. The molecule has 3 heteroatoms. The molecule has 0 spiro atoms. The van der Waals surface area contributed by atoms with E-state index in [0.717, 1.165) is 23.2 Å². The monoisotopic (exact) mass is 325 g/mol. The average molecular weight is 326 g/mol. The fraction of sp³-hybridized carbons (Fsp3) is 0.625. The van der Waals surface area contributed by atoms with Crippen molar-refractivity contribution < 1.29 is 4.74 Å². The molecular formula is C16H24BrNO. The van der Waals surface area contributed by atoms with Gasteiger partial charge in [-0.25, -0.2) is 0 Å². The molecule has 1 fully saturated rings. The maximum absolute atomic E-state index is 6.20. The van der Waals surface area contributed by atoms with Gasteiger partial charge in [-0.05, 0) is 43.7 Å². The van der Waals surface area contributed by atoms with E-state index in [9.17, 15) is 0 Å². The Balaban J connectivity index is 1.98. The molecule has 19 heavy (non-hydrogen) atoms. The summed E-state index contributed by atoms with van der Waals surface area (Å²) < 4.78 is 7.31. The van der Waals surface area contributed by atoms with E-state index in [4.69, 9.17) is 4.74 Å². The van der Waals surface area contributed by atoms with E-state index in [1.54, 1.807) is 0 Å². The lowest BCUT2D eigenvalue weighted by Crippen LogP contribution is -2.62. The van der Waals surface area contributed by atoms with E-state index in [1.807, 2.05) is 6.07 Å². The van der Waals surface area contributed by atoms with Crippen LogP contribution in [0.5, 0.6) is 5.75 Å². The summed E-state index contributed by atoms with van der Waals surface area (Å²) in [5.41, 5.74) is 1.39. The minimum absolute atomic E-state index is 0.203. The highest BCUT2D eigenvalue weighted by Crippen LogP contribution is 2.43. The largest absolute Gasteiger partial charge is 0.489 e. The van der Waals surface area contributed by atoms with Gasteiger partial charge in [0.2, 0.25) is 0 Å². The first kappa shape index (κ1) is 14.9. The normalized spacial score (nSPS) is 24.9. The summed E-state index contributed by atoms with van der Waals surface area (Å²) in [6.07, 6.45) is 2.59. The van der Waals surface area contributed by atoms with Crippen LogP contribution in [0.3, 0.4) is 0 Å². The minimum atomic E-state index is 0.203. The number of benzene rings is 1. The van der Waals surface area contributed by atoms with Gasteiger partial charge in [-0.1, -0.05) is 36.7 Å². The molecular weight excluding hydrogens is 302 g/mol. The Bertz CT molecular complexity index is 444. The van der Waals surface area contributed by atoms with Crippen molar-refractivity contribution in [1.29, 1.82) is 0 Å². The van der Waals surface area contributed by atoms with Gasteiger partial charge in [0.25, 0.3) is 0 Å². The highest BCUT2D eigenvalue weighted by molar-refractivity contribution is 9.10. The van der Waals surface area contributed by atoms with Crippen LogP contribution >= 0.6 is 15.9 Å². The SMILES string of the molecule is CCCNC1CC(Oc2ccc(Br)cc2C)C1(C)C. The van der Waals surface area contributed by atoms with Gasteiger partial charge in [-0.15, -0.1) is 0 Å². The predicted molar refractivity (Wildman–Crippen MR) is 83.8 cm³/mol. The van der Waals surface area contributed by atoms with E-state index >= 15 is 0 Å². The van der Waals surface area contributed by atoms with Gasteiger partial charge in [-0.2, -0.15) is 0 Å². The van der Waals surface area contributed by atoms with E-state index < -0.39 is 0 Å². The van der Waals surface area contributed by atoms with Crippen LogP contribution in [-0.4, -0.2) is 18.7 Å². The number of halogens is 1. The van der Waals surface area contributed by atoms with Crippen molar-refractivity contribution in [3.05, 3.63) is 28.2 Å². The first-order valence-electron chi connectivity index (χ1n) is 7.11. The number of hydrogen-bond acceptors (Lipinski definition) is 2. The third-order valence-corrected chi connectivity index (χ3v) is 4.72.